The SMILES string of the molecule is C1CCCC1.C1CCCC1.FC(F)(F)C#CC(F)(F)F.[C-]#[O+].[C-]#[O+].[C-]#[O+].[C-]#[O+].[C-]#[O+].[C-]#[O+].[C-]#[O+].[Co].[Co].[Mo]=[Mo].c1ccc(Pc2ccccc2)cc1.c1ccc(Pc2ccccc2)cc1. The second-order valence-corrected chi connectivity index (χ2v) is 13.3. The van der Waals surface area contributed by atoms with Crippen LogP contribution in [-0.2, 0) is 98.6 Å². The van der Waals surface area contributed by atoms with Crippen LogP contribution in [0.2, 0.25) is 0 Å². The van der Waals surface area contributed by atoms with Gasteiger partial charge in [0, 0.05) is 45.4 Å². The monoisotopic (exact) mass is 1180 g/mol. The van der Waals surface area contributed by atoms with Crippen LogP contribution in [0.3, 0.4) is 0 Å². The second kappa shape index (κ2) is 69.5. The Balaban J connectivity index is -0.0000000797. The van der Waals surface area contributed by atoms with E-state index in [1.807, 2.05) is 32.4 Å². The van der Waals surface area contributed by atoms with E-state index < -0.39 is 12.4 Å². The van der Waals surface area contributed by atoms with Crippen molar-refractivity contribution < 1.29 is 125 Å². The predicted octanol–water partition coefficient (Wildman–Crippen LogP) is 10.4. The van der Waals surface area contributed by atoms with Crippen LogP contribution in [0.25, 0.3) is 0 Å². The minimum atomic E-state index is -5.07. The van der Waals surface area contributed by atoms with E-state index in [-0.39, 0.29) is 45.4 Å². The molecule has 2 saturated carbocycles. The molecule has 0 atom stereocenters. The Bertz CT molecular complexity index is 1480. The molecular weight excluding hydrogens is 1140 g/mol. The molecule has 2 radical (unpaired) electrons. The second-order valence-electron chi connectivity index (χ2n) is 10.5. The Kier molecular flexibility index (Phi) is 88.6. The van der Waals surface area contributed by atoms with E-state index in [0.29, 0.717) is 0 Å². The van der Waals surface area contributed by atoms with Gasteiger partial charge in [-0.15, -0.1) is 0 Å². The smallest absolute Gasteiger partial charge is 0.0226 e. The number of benzene rings is 4. The third-order valence-electron chi connectivity index (χ3n) is 6.52. The molecule has 0 aromatic heterocycles. The Labute approximate surface area is 416 Å². The molecule has 64 heavy (non-hydrogen) atoms. The van der Waals surface area contributed by atoms with Crippen LogP contribution in [0.5, 0.6) is 0 Å². The van der Waals surface area contributed by atoms with Gasteiger partial charge in [0.05, 0.1) is 0 Å². The molecule has 4 aromatic rings. The first kappa shape index (κ1) is 81.6. The standard InChI is InChI=1S/2C12H11P.2C5H10.C4F6.7CO.2Co.2Mo/c2*1-3-7-11(8-4-1)13-12-9-5-2-6-10-12;2*1-2-4-5-3-1;5-3(6,7)1-2-4(8,9)10;7*1-2;;;;/h2*1-10,13H;2*1-5H2;;;;;;;;;;;;. The van der Waals surface area contributed by atoms with Crippen molar-refractivity contribution in [2.24, 2.45) is 0 Å². The average molecular weight is 1180 g/mol. The first-order chi connectivity index (χ1) is 30.1. The van der Waals surface area contributed by atoms with Crippen LogP contribution < -0.4 is 21.2 Å². The molecular formula is C45H42Co2F6Mo2O7P2. The minimum Gasteiger partial charge on any atom is -0.0622 e. The number of hydrogen-bond donors (Lipinski definition) is 0. The van der Waals surface area contributed by atoms with Crippen LogP contribution in [0.1, 0.15) is 64.2 Å². The molecule has 7 nitrogen and oxygen atoms in total. The van der Waals surface area contributed by atoms with Gasteiger partial charge in [-0.2, -0.15) is 26.3 Å². The summed E-state index contributed by atoms with van der Waals surface area (Å²) in [4.78, 5) is 0. The quantitative estimate of drug-likeness (QED) is 0.0480. The molecule has 0 N–H and O–H groups in total. The van der Waals surface area contributed by atoms with Gasteiger partial charge in [-0.25, -0.2) is 0 Å². The average Bonchev–Trinajstić information content (AvgIpc) is 4.14. The molecule has 2 aliphatic rings. The summed E-state index contributed by atoms with van der Waals surface area (Å²) in [6.45, 7) is 31.5. The molecule has 19 heteroatoms. The Morgan fingerprint density at radius 1 is 0.328 bits per heavy atom. The van der Waals surface area contributed by atoms with Gasteiger partial charge in [0.1, 0.15) is 0 Å². The number of rotatable bonds is 4. The topological polar surface area (TPSA) is 139 Å². The van der Waals surface area contributed by atoms with E-state index in [1.165, 1.54) is 85.4 Å². The molecule has 0 unspecified atom stereocenters. The van der Waals surface area contributed by atoms with Crippen molar-refractivity contribution in [1.82, 2.24) is 0 Å². The van der Waals surface area contributed by atoms with Crippen LogP contribution in [0, 0.1) is 58.4 Å². The van der Waals surface area contributed by atoms with Gasteiger partial charge in [0.25, 0.3) is 0 Å². The number of alkyl halides is 6. The molecule has 0 heterocycles. The Morgan fingerprint density at radius 3 is 0.562 bits per heavy atom. The zero-order valence-corrected chi connectivity index (χ0v) is 41.8. The molecule has 0 saturated heterocycles. The summed E-state index contributed by atoms with van der Waals surface area (Å²) in [5.74, 6) is 0.174. The van der Waals surface area contributed by atoms with E-state index in [1.54, 1.807) is 0 Å². The largest absolute Gasteiger partial charge is 0.0622 e. The maximum Gasteiger partial charge on any atom is -0.0226 e. The number of hydrogen-bond acceptors (Lipinski definition) is 0. The van der Waals surface area contributed by atoms with Gasteiger partial charge in [0.15, 0.2) is 0 Å². The summed E-state index contributed by atoms with van der Waals surface area (Å²) in [6, 6.07) is 42.3. The Hall–Kier alpha value is -2.55. The minimum absolute atomic E-state index is 0. The fourth-order valence-electron chi connectivity index (χ4n) is 4.33. The maximum atomic E-state index is 10.9. The summed E-state index contributed by atoms with van der Waals surface area (Å²) >= 11 is 3.92. The fourth-order valence-corrected chi connectivity index (χ4v) is 6.43. The zero-order valence-electron chi connectivity index (χ0n) is 33.7. The van der Waals surface area contributed by atoms with E-state index in [9.17, 15) is 26.3 Å². The summed E-state index contributed by atoms with van der Waals surface area (Å²) in [7, 11) is 1.55. The summed E-state index contributed by atoms with van der Waals surface area (Å²) in [5.41, 5.74) is 0. The molecule has 0 aliphatic heterocycles. The van der Waals surface area contributed by atoms with Crippen molar-refractivity contribution in [3.8, 4) is 11.8 Å². The van der Waals surface area contributed by atoms with Crippen LogP contribution in [0.15, 0.2) is 121 Å². The van der Waals surface area contributed by atoms with E-state index in [4.69, 9.17) is 32.6 Å². The Morgan fingerprint density at radius 2 is 0.453 bits per heavy atom. The van der Waals surface area contributed by atoms with Gasteiger partial charge in [-0.1, -0.05) is 203 Å². The van der Waals surface area contributed by atoms with Gasteiger partial charge in [-0.3, -0.25) is 0 Å². The van der Waals surface area contributed by atoms with E-state index in [0.717, 1.165) is 17.2 Å². The predicted molar refractivity (Wildman–Crippen MR) is 214 cm³/mol. The normalized spacial score (nSPS) is 9.94. The van der Waals surface area contributed by atoms with Crippen molar-refractivity contribution in [2.75, 3.05) is 0 Å². The first-order valence-electron chi connectivity index (χ1n) is 17.1. The third-order valence-corrected chi connectivity index (χ3v) is 9.01. The van der Waals surface area contributed by atoms with Crippen LogP contribution in [-0.4, -0.2) is 12.4 Å². The van der Waals surface area contributed by atoms with Crippen molar-refractivity contribution in [3.63, 3.8) is 0 Å². The third kappa shape index (κ3) is 68.5. The zero-order chi connectivity index (χ0) is 49.4. The van der Waals surface area contributed by atoms with E-state index in [2.05, 4.69) is 168 Å². The number of halogens is 6. The molecule has 2 fully saturated rings. The van der Waals surface area contributed by atoms with Crippen LogP contribution >= 0.6 is 17.2 Å². The fraction of sp³-hybridized carbons (Fsp3) is 0.267. The van der Waals surface area contributed by atoms with Crippen LogP contribution in [0.4, 0.5) is 26.3 Å². The summed E-state index contributed by atoms with van der Waals surface area (Å²) < 4.78 is 118. The van der Waals surface area contributed by atoms with Gasteiger partial charge in [0.2, 0.25) is 0 Å². The summed E-state index contributed by atoms with van der Waals surface area (Å²) in [6.07, 6.45) is 4.85. The van der Waals surface area contributed by atoms with Crippen molar-refractivity contribution in [2.45, 2.75) is 76.6 Å². The van der Waals surface area contributed by atoms with Gasteiger partial charge in [-0.05, 0) is 21.2 Å². The molecule has 0 spiro atoms. The summed E-state index contributed by atoms with van der Waals surface area (Å²) in [5, 5.41) is 5.59. The van der Waals surface area contributed by atoms with Gasteiger partial charge < -0.3 is 0 Å². The maximum absolute atomic E-state index is 10.9. The van der Waals surface area contributed by atoms with Crippen molar-refractivity contribution >= 4 is 38.4 Å². The van der Waals surface area contributed by atoms with E-state index >= 15 is 0 Å². The first-order valence-corrected chi connectivity index (χ1v) is 24.8. The van der Waals surface area contributed by atoms with Crippen molar-refractivity contribution in [3.05, 3.63) is 168 Å². The molecule has 0 amide bonds. The van der Waals surface area contributed by atoms with Gasteiger partial charge >= 0.3 is 124 Å². The van der Waals surface area contributed by atoms with Crippen molar-refractivity contribution in [1.29, 1.82) is 0 Å². The molecule has 4 aromatic carbocycles. The molecule has 346 valence electrons. The molecule has 6 rings (SSSR count). The molecule has 2 aliphatic carbocycles. The molecule has 0 bridgehead atoms.